The molecule has 100 valence electrons. The maximum absolute atomic E-state index is 5.44. The summed E-state index contributed by atoms with van der Waals surface area (Å²) in [6.45, 7) is 9.64. The lowest BCUT2D eigenvalue weighted by atomic mass is 9.82. The molecule has 1 fully saturated rings. The highest BCUT2D eigenvalue weighted by atomic mass is 16.5. The van der Waals surface area contributed by atoms with E-state index in [1.165, 1.54) is 24.0 Å². The van der Waals surface area contributed by atoms with Gasteiger partial charge < -0.3 is 10.1 Å². The van der Waals surface area contributed by atoms with E-state index >= 15 is 0 Å². The fourth-order valence-electron chi connectivity index (χ4n) is 2.41. The van der Waals surface area contributed by atoms with Gasteiger partial charge in [0.25, 0.3) is 0 Å². The van der Waals surface area contributed by atoms with Gasteiger partial charge in [-0.15, -0.1) is 0 Å². The minimum atomic E-state index is 0.400. The van der Waals surface area contributed by atoms with Crippen molar-refractivity contribution in [3.05, 3.63) is 35.4 Å². The van der Waals surface area contributed by atoms with Crippen LogP contribution in [0.2, 0.25) is 0 Å². The Morgan fingerprint density at radius 1 is 1.22 bits per heavy atom. The third-order valence-corrected chi connectivity index (χ3v) is 4.11. The Morgan fingerprint density at radius 3 is 2.44 bits per heavy atom. The van der Waals surface area contributed by atoms with Crippen molar-refractivity contribution in [2.24, 2.45) is 5.41 Å². The molecule has 0 aliphatic carbocycles. The maximum Gasteiger partial charge on any atom is 0.0471 e. The molecule has 0 amide bonds. The van der Waals surface area contributed by atoms with Gasteiger partial charge in [0.15, 0.2) is 0 Å². The second-order valence-electron chi connectivity index (χ2n) is 5.94. The van der Waals surface area contributed by atoms with E-state index in [-0.39, 0.29) is 0 Å². The molecule has 1 heterocycles. The first-order valence-corrected chi connectivity index (χ1v) is 6.97. The van der Waals surface area contributed by atoms with Crippen LogP contribution in [-0.2, 0) is 4.74 Å². The van der Waals surface area contributed by atoms with E-state index in [9.17, 15) is 0 Å². The third-order valence-electron chi connectivity index (χ3n) is 4.11. The SMILES string of the molecule is Cc1ccc(C(C)NCC2(C)CCOCC2)cc1. The summed E-state index contributed by atoms with van der Waals surface area (Å²) in [6, 6.07) is 9.23. The highest BCUT2D eigenvalue weighted by molar-refractivity contribution is 5.23. The van der Waals surface area contributed by atoms with Crippen molar-refractivity contribution >= 4 is 0 Å². The van der Waals surface area contributed by atoms with E-state index in [0.717, 1.165) is 19.8 Å². The van der Waals surface area contributed by atoms with Gasteiger partial charge in [0.1, 0.15) is 0 Å². The van der Waals surface area contributed by atoms with Gasteiger partial charge in [-0.25, -0.2) is 0 Å². The zero-order valence-electron chi connectivity index (χ0n) is 11.8. The highest BCUT2D eigenvalue weighted by Crippen LogP contribution is 2.29. The van der Waals surface area contributed by atoms with Crippen molar-refractivity contribution in [3.63, 3.8) is 0 Å². The lowest BCUT2D eigenvalue weighted by molar-refractivity contribution is 0.0231. The van der Waals surface area contributed by atoms with Crippen LogP contribution in [0.15, 0.2) is 24.3 Å². The largest absolute Gasteiger partial charge is 0.381 e. The van der Waals surface area contributed by atoms with Crippen LogP contribution in [0.5, 0.6) is 0 Å². The fraction of sp³-hybridized carbons (Fsp3) is 0.625. The number of benzene rings is 1. The van der Waals surface area contributed by atoms with Gasteiger partial charge >= 0.3 is 0 Å². The number of hydrogen-bond acceptors (Lipinski definition) is 2. The van der Waals surface area contributed by atoms with Crippen LogP contribution in [0, 0.1) is 12.3 Å². The van der Waals surface area contributed by atoms with Crippen molar-refractivity contribution < 1.29 is 4.74 Å². The smallest absolute Gasteiger partial charge is 0.0471 e. The molecule has 18 heavy (non-hydrogen) atoms. The average molecular weight is 247 g/mol. The van der Waals surface area contributed by atoms with Crippen LogP contribution in [0.3, 0.4) is 0 Å². The molecule has 1 saturated heterocycles. The first kappa shape index (κ1) is 13.6. The molecular formula is C16H25NO. The molecule has 0 aromatic heterocycles. The van der Waals surface area contributed by atoms with Crippen LogP contribution >= 0.6 is 0 Å². The molecule has 2 nitrogen and oxygen atoms in total. The zero-order valence-corrected chi connectivity index (χ0v) is 11.8. The first-order chi connectivity index (χ1) is 8.59. The van der Waals surface area contributed by atoms with Gasteiger partial charge in [0.2, 0.25) is 0 Å². The number of aryl methyl sites for hydroxylation is 1. The van der Waals surface area contributed by atoms with Crippen molar-refractivity contribution in [1.82, 2.24) is 5.32 Å². The third kappa shape index (κ3) is 3.56. The van der Waals surface area contributed by atoms with Gasteiger partial charge in [-0.1, -0.05) is 36.8 Å². The van der Waals surface area contributed by atoms with Crippen LogP contribution in [0.4, 0.5) is 0 Å². The number of ether oxygens (including phenoxy) is 1. The molecule has 1 aliphatic heterocycles. The highest BCUT2D eigenvalue weighted by Gasteiger charge is 2.27. The Bertz CT molecular complexity index is 365. The van der Waals surface area contributed by atoms with Crippen molar-refractivity contribution in [2.45, 2.75) is 39.7 Å². The van der Waals surface area contributed by atoms with E-state index in [0.29, 0.717) is 11.5 Å². The molecule has 0 saturated carbocycles. The Kier molecular flexibility index (Phi) is 4.41. The lowest BCUT2D eigenvalue weighted by Crippen LogP contribution is -2.37. The van der Waals surface area contributed by atoms with Gasteiger partial charge in [-0.3, -0.25) is 0 Å². The molecule has 1 unspecified atom stereocenters. The van der Waals surface area contributed by atoms with E-state index in [4.69, 9.17) is 4.74 Å². The molecule has 0 spiro atoms. The van der Waals surface area contributed by atoms with Crippen LogP contribution < -0.4 is 5.32 Å². The van der Waals surface area contributed by atoms with E-state index in [1.807, 2.05) is 0 Å². The van der Waals surface area contributed by atoms with Gasteiger partial charge in [-0.05, 0) is 37.7 Å². The summed E-state index contributed by atoms with van der Waals surface area (Å²) < 4.78 is 5.44. The summed E-state index contributed by atoms with van der Waals surface area (Å²) in [6.07, 6.45) is 2.33. The molecular weight excluding hydrogens is 222 g/mol. The van der Waals surface area contributed by atoms with E-state index in [1.54, 1.807) is 0 Å². The summed E-state index contributed by atoms with van der Waals surface area (Å²) >= 11 is 0. The van der Waals surface area contributed by atoms with Crippen LogP contribution in [-0.4, -0.2) is 19.8 Å². The fourth-order valence-corrected chi connectivity index (χ4v) is 2.41. The maximum atomic E-state index is 5.44. The van der Waals surface area contributed by atoms with Gasteiger partial charge in [-0.2, -0.15) is 0 Å². The van der Waals surface area contributed by atoms with E-state index < -0.39 is 0 Å². The molecule has 0 radical (unpaired) electrons. The second-order valence-corrected chi connectivity index (χ2v) is 5.94. The standard InChI is InChI=1S/C16H25NO/c1-13-4-6-15(7-5-13)14(2)17-12-16(3)8-10-18-11-9-16/h4-7,14,17H,8-12H2,1-3H3. The quantitative estimate of drug-likeness (QED) is 0.879. The molecule has 2 heteroatoms. The van der Waals surface area contributed by atoms with Gasteiger partial charge in [0, 0.05) is 25.8 Å². The van der Waals surface area contributed by atoms with Crippen LogP contribution in [0.1, 0.15) is 43.9 Å². The minimum Gasteiger partial charge on any atom is -0.381 e. The first-order valence-electron chi connectivity index (χ1n) is 6.97. The number of rotatable bonds is 4. The lowest BCUT2D eigenvalue weighted by Gasteiger charge is -2.34. The summed E-state index contributed by atoms with van der Waals surface area (Å²) in [5.41, 5.74) is 3.09. The molecule has 1 aromatic rings. The Labute approximate surface area is 111 Å². The molecule has 1 aliphatic rings. The topological polar surface area (TPSA) is 21.3 Å². The van der Waals surface area contributed by atoms with Crippen LogP contribution in [0.25, 0.3) is 0 Å². The average Bonchev–Trinajstić information content (AvgIpc) is 2.38. The summed E-state index contributed by atoms with van der Waals surface area (Å²) in [5.74, 6) is 0. The summed E-state index contributed by atoms with van der Waals surface area (Å²) in [4.78, 5) is 0. The Balaban J connectivity index is 1.87. The second kappa shape index (κ2) is 5.85. The predicted molar refractivity (Wildman–Crippen MR) is 75.8 cm³/mol. The minimum absolute atomic E-state index is 0.400. The Morgan fingerprint density at radius 2 is 1.83 bits per heavy atom. The monoisotopic (exact) mass is 247 g/mol. The molecule has 1 atom stereocenters. The molecule has 1 N–H and O–H groups in total. The van der Waals surface area contributed by atoms with Gasteiger partial charge in [0.05, 0.1) is 0 Å². The molecule has 2 rings (SSSR count). The number of hydrogen-bond donors (Lipinski definition) is 1. The van der Waals surface area contributed by atoms with Crippen molar-refractivity contribution in [2.75, 3.05) is 19.8 Å². The van der Waals surface area contributed by atoms with Crippen molar-refractivity contribution in [1.29, 1.82) is 0 Å². The predicted octanol–water partition coefficient (Wildman–Crippen LogP) is 3.46. The summed E-state index contributed by atoms with van der Waals surface area (Å²) in [7, 11) is 0. The zero-order chi connectivity index (χ0) is 13.0. The molecule has 1 aromatic carbocycles. The van der Waals surface area contributed by atoms with Crippen molar-refractivity contribution in [3.8, 4) is 0 Å². The van der Waals surface area contributed by atoms with E-state index in [2.05, 4.69) is 50.4 Å². The number of nitrogens with one attached hydrogen (secondary N) is 1. The Hall–Kier alpha value is -0.860. The normalized spacial score (nSPS) is 20.6. The molecule has 0 bridgehead atoms. The summed E-state index contributed by atoms with van der Waals surface area (Å²) in [5, 5.41) is 3.67.